The van der Waals surface area contributed by atoms with E-state index in [1.165, 1.54) is 24.3 Å². The molecule has 28 heavy (non-hydrogen) atoms. The van der Waals surface area contributed by atoms with E-state index < -0.39 is 10.0 Å². The Kier molecular flexibility index (Phi) is 6.72. The lowest BCUT2D eigenvalue weighted by Gasteiger charge is -2.16. The number of nitrogens with one attached hydrogen (secondary N) is 2. The summed E-state index contributed by atoms with van der Waals surface area (Å²) < 4.78 is 32.8. The number of amides is 1. The van der Waals surface area contributed by atoms with Crippen LogP contribution in [0.4, 0.5) is 0 Å². The molecule has 0 aromatic heterocycles. The van der Waals surface area contributed by atoms with Gasteiger partial charge in [-0.1, -0.05) is 29.8 Å². The predicted octanol–water partition coefficient (Wildman–Crippen LogP) is 3.29. The largest absolute Gasteiger partial charge is 0.377 e. The van der Waals surface area contributed by atoms with Crippen LogP contribution in [0.25, 0.3) is 0 Å². The van der Waals surface area contributed by atoms with Crippen LogP contribution in [0.15, 0.2) is 53.4 Å². The molecule has 0 radical (unpaired) electrons. The zero-order valence-electron chi connectivity index (χ0n) is 15.5. The third-order valence-corrected chi connectivity index (χ3v) is 6.45. The van der Waals surface area contributed by atoms with Crippen molar-refractivity contribution in [1.82, 2.24) is 10.0 Å². The van der Waals surface area contributed by atoms with Crippen molar-refractivity contribution in [2.75, 3.05) is 13.2 Å². The standard InChI is InChI=1S/C20H23ClN2O4S/c1-14(18-6-2-3-7-19(18)21)23-20(24)15-8-10-17(11-9-15)28(25,26)22-13-16-5-4-12-27-16/h2-3,6-11,14,16,22H,4-5,12-13H2,1H3,(H,23,24)/t14-,16-/m1/s1. The monoisotopic (exact) mass is 422 g/mol. The summed E-state index contributed by atoms with van der Waals surface area (Å²) in [5, 5.41) is 3.45. The highest BCUT2D eigenvalue weighted by atomic mass is 35.5. The Balaban J connectivity index is 1.62. The average molecular weight is 423 g/mol. The van der Waals surface area contributed by atoms with Gasteiger partial charge in [0.2, 0.25) is 10.0 Å². The second-order valence-electron chi connectivity index (χ2n) is 6.73. The zero-order valence-corrected chi connectivity index (χ0v) is 17.1. The van der Waals surface area contributed by atoms with Crippen LogP contribution >= 0.6 is 11.6 Å². The van der Waals surface area contributed by atoms with E-state index in [0.29, 0.717) is 17.2 Å². The molecule has 0 unspecified atom stereocenters. The maximum atomic E-state index is 12.5. The number of ether oxygens (including phenoxy) is 1. The first kappa shape index (κ1) is 20.8. The Hall–Kier alpha value is -1.93. The van der Waals surface area contributed by atoms with Crippen molar-refractivity contribution in [3.63, 3.8) is 0 Å². The highest BCUT2D eigenvalue weighted by molar-refractivity contribution is 7.89. The van der Waals surface area contributed by atoms with Gasteiger partial charge in [0, 0.05) is 23.7 Å². The van der Waals surface area contributed by atoms with Crippen molar-refractivity contribution < 1.29 is 17.9 Å². The van der Waals surface area contributed by atoms with Crippen LogP contribution in [0.3, 0.4) is 0 Å². The van der Waals surface area contributed by atoms with Gasteiger partial charge in [-0.15, -0.1) is 0 Å². The van der Waals surface area contributed by atoms with Gasteiger partial charge in [-0.25, -0.2) is 13.1 Å². The molecule has 8 heteroatoms. The lowest BCUT2D eigenvalue weighted by Crippen LogP contribution is -2.32. The smallest absolute Gasteiger partial charge is 0.251 e. The molecular weight excluding hydrogens is 400 g/mol. The number of carbonyl (C=O) groups is 1. The van der Waals surface area contributed by atoms with Gasteiger partial charge in [0.25, 0.3) is 5.91 Å². The van der Waals surface area contributed by atoms with Gasteiger partial charge >= 0.3 is 0 Å². The summed E-state index contributed by atoms with van der Waals surface area (Å²) in [7, 11) is -3.64. The van der Waals surface area contributed by atoms with E-state index in [1.54, 1.807) is 6.07 Å². The number of rotatable bonds is 7. The van der Waals surface area contributed by atoms with E-state index >= 15 is 0 Å². The van der Waals surface area contributed by atoms with E-state index in [1.807, 2.05) is 25.1 Å². The lowest BCUT2D eigenvalue weighted by molar-refractivity contribution is 0.0940. The molecule has 0 saturated carbocycles. The lowest BCUT2D eigenvalue weighted by atomic mass is 10.1. The highest BCUT2D eigenvalue weighted by Crippen LogP contribution is 2.22. The van der Waals surface area contributed by atoms with Gasteiger partial charge in [-0.3, -0.25) is 4.79 Å². The molecule has 3 rings (SSSR count). The van der Waals surface area contributed by atoms with Gasteiger partial charge < -0.3 is 10.1 Å². The summed E-state index contributed by atoms with van der Waals surface area (Å²) in [5.74, 6) is -0.302. The minimum Gasteiger partial charge on any atom is -0.377 e. The average Bonchev–Trinajstić information content (AvgIpc) is 3.20. The number of hydrogen-bond donors (Lipinski definition) is 2. The van der Waals surface area contributed by atoms with Crippen LogP contribution in [0.1, 0.15) is 41.7 Å². The first-order chi connectivity index (χ1) is 13.4. The molecule has 0 aliphatic carbocycles. The minimum atomic E-state index is -3.64. The second-order valence-corrected chi connectivity index (χ2v) is 8.90. The zero-order chi connectivity index (χ0) is 20.1. The highest BCUT2D eigenvalue weighted by Gasteiger charge is 2.21. The Bertz CT molecular complexity index is 925. The van der Waals surface area contributed by atoms with E-state index in [-0.39, 0.29) is 29.5 Å². The Morgan fingerprint density at radius 1 is 1.21 bits per heavy atom. The summed E-state index contributed by atoms with van der Waals surface area (Å²) in [4.78, 5) is 12.6. The van der Waals surface area contributed by atoms with Crippen LogP contribution in [0.2, 0.25) is 5.02 Å². The SMILES string of the molecule is C[C@@H](NC(=O)c1ccc(S(=O)(=O)NC[C@H]2CCCO2)cc1)c1ccccc1Cl. The van der Waals surface area contributed by atoms with Crippen molar-refractivity contribution in [1.29, 1.82) is 0 Å². The summed E-state index contributed by atoms with van der Waals surface area (Å²) in [6.45, 7) is 2.76. The van der Waals surface area contributed by atoms with Gasteiger partial charge in [0.1, 0.15) is 0 Å². The molecule has 2 aromatic carbocycles. The van der Waals surface area contributed by atoms with E-state index in [2.05, 4.69) is 10.0 Å². The Morgan fingerprint density at radius 3 is 2.57 bits per heavy atom. The number of halogens is 1. The fraction of sp³-hybridized carbons (Fsp3) is 0.350. The number of sulfonamides is 1. The van der Waals surface area contributed by atoms with Gasteiger partial charge in [0.15, 0.2) is 0 Å². The molecular formula is C20H23ClN2O4S. The number of benzene rings is 2. The second kappa shape index (κ2) is 9.05. The minimum absolute atomic E-state index is 0.0777. The van der Waals surface area contributed by atoms with Crippen LogP contribution in [-0.2, 0) is 14.8 Å². The maximum Gasteiger partial charge on any atom is 0.251 e. The Labute approximate surface area is 170 Å². The fourth-order valence-corrected chi connectivity index (χ4v) is 4.43. The molecule has 6 nitrogen and oxygen atoms in total. The van der Waals surface area contributed by atoms with Crippen molar-refractivity contribution >= 4 is 27.5 Å². The molecule has 1 heterocycles. The third-order valence-electron chi connectivity index (χ3n) is 4.67. The van der Waals surface area contributed by atoms with Gasteiger partial charge in [-0.2, -0.15) is 0 Å². The fourth-order valence-electron chi connectivity index (χ4n) is 3.06. The molecule has 1 fully saturated rings. The quantitative estimate of drug-likeness (QED) is 0.717. The van der Waals surface area contributed by atoms with Crippen molar-refractivity contribution in [3.05, 3.63) is 64.7 Å². The van der Waals surface area contributed by atoms with Crippen molar-refractivity contribution in [2.24, 2.45) is 0 Å². The molecule has 1 saturated heterocycles. The van der Waals surface area contributed by atoms with Gasteiger partial charge in [0.05, 0.1) is 17.0 Å². The number of carbonyl (C=O) groups excluding carboxylic acids is 1. The maximum absolute atomic E-state index is 12.5. The summed E-state index contributed by atoms with van der Waals surface area (Å²) >= 11 is 6.16. The van der Waals surface area contributed by atoms with Crippen LogP contribution < -0.4 is 10.0 Å². The van der Waals surface area contributed by atoms with Crippen LogP contribution in [-0.4, -0.2) is 33.6 Å². The summed E-state index contributed by atoms with van der Waals surface area (Å²) in [5.41, 5.74) is 1.19. The van der Waals surface area contributed by atoms with Crippen molar-refractivity contribution in [2.45, 2.75) is 36.8 Å². The third kappa shape index (κ3) is 5.11. The van der Waals surface area contributed by atoms with E-state index in [4.69, 9.17) is 16.3 Å². The first-order valence-electron chi connectivity index (χ1n) is 9.13. The number of hydrogen-bond acceptors (Lipinski definition) is 4. The molecule has 0 bridgehead atoms. The van der Waals surface area contributed by atoms with Crippen molar-refractivity contribution in [3.8, 4) is 0 Å². The van der Waals surface area contributed by atoms with Crippen LogP contribution in [0.5, 0.6) is 0 Å². The Morgan fingerprint density at radius 2 is 1.93 bits per heavy atom. The molecule has 2 N–H and O–H groups in total. The molecule has 0 spiro atoms. The van der Waals surface area contributed by atoms with Gasteiger partial charge in [-0.05, 0) is 55.7 Å². The topological polar surface area (TPSA) is 84.5 Å². The van der Waals surface area contributed by atoms with Crippen LogP contribution in [0, 0.1) is 0 Å². The summed E-state index contributed by atoms with van der Waals surface area (Å²) in [6.07, 6.45) is 1.72. The molecule has 1 amide bonds. The predicted molar refractivity (Wildman–Crippen MR) is 108 cm³/mol. The molecule has 2 aromatic rings. The normalized spacial score (nSPS) is 18.0. The molecule has 1 aliphatic heterocycles. The van der Waals surface area contributed by atoms with E-state index in [9.17, 15) is 13.2 Å². The van der Waals surface area contributed by atoms with E-state index in [0.717, 1.165) is 18.4 Å². The summed E-state index contributed by atoms with van der Waals surface area (Å²) in [6, 6.07) is 12.9. The molecule has 150 valence electrons. The first-order valence-corrected chi connectivity index (χ1v) is 11.0. The molecule has 2 atom stereocenters. The molecule has 1 aliphatic rings.